The molecule has 0 aliphatic carbocycles. The van der Waals surface area contributed by atoms with E-state index in [0.717, 1.165) is 37.0 Å². The molecule has 1 amide bonds. The van der Waals surface area contributed by atoms with E-state index in [4.69, 9.17) is 5.11 Å². The number of amides is 1. The highest BCUT2D eigenvalue weighted by atomic mass is 32.1. The molecule has 0 spiro atoms. The summed E-state index contributed by atoms with van der Waals surface area (Å²) in [6.45, 7) is 5.65. The number of aromatic nitrogens is 2. The number of nitrogens with zero attached hydrogens (tertiary/aromatic N) is 3. The van der Waals surface area contributed by atoms with Crippen LogP contribution in [-0.4, -0.2) is 44.8 Å². The molecule has 0 unspecified atom stereocenters. The molecule has 7 heteroatoms. The second-order valence-electron chi connectivity index (χ2n) is 6.70. The zero-order valence-electron chi connectivity index (χ0n) is 15.3. The summed E-state index contributed by atoms with van der Waals surface area (Å²) >= 11 is 1.64. The summed E-state index contributed by atoms with van der Waals surface area (Å²) in [4.78, 5) is 27.9. The number of rotatable bonds is 6. The normalized spacial score (nSPS) is 15.4. The van der Waals surface area contributed by atoms with Gasteiger partial charge < -0.3 is 10.0 Å². The van der Waals surface area contributed by atoms with E-state index in [0.29, 0.717) is 13.1 Å². The molecule has 0 atom stereocenters. The van der Waals surface area contributed by atoms with Crippen molar-refractivity contribution in [3.63, 3.8) is 0 Å². The SMILES string of the molecule is CCCc1sc(C(=O)N2CCC(n3cc(C(=O)O)cn3)CC2)cc1CC. The van der Waals surface area contributed by atoms with Crippen molar-refractivity contribution in [2.45, 2.75) is 52.0 Å². The zero-order chi connectivity index (χ0) is 18.7. The minimum absolute atomic E-state index is 0.122. The third-order valence-electron chi connectivity index (χ3n) is 4.94. The summed E-state index contributed by atoms with van der Waals surface area (Å²) in [6, 6.07) is 2.22. The molecule has 140 valence electrons. The van der Waals surface area contributed by atoms with Crippen LogP contribution in [0.15, 0.2) is 18.5 Å². The molecule has 0 aromatic carbocycles. The van der Waals surface area contributed by atoms with Crippen LogP contribution in [-0.2, 0) is 12.8 Å². The molecular formula is C19H25N3O3S. The van der Waals surface area contributed by atoms with E-state index in [1.165, 1.54) is 16.6 Å². The molecule has 3 rings (SSSR count). The van der Waals surface area contributed by atoms with E-state index in [-0.39, 0.29) is 17.5 Å². The lowest BCUT2D eigenvalue weighted by Crippen LogP contribution is -2.38. The van der Waals surface area contributed by atoms with Crippen LogP contribution in [0.4, 0.5) is 0 Å². The van der Waals surface area contributed by atoms with Crippen LogP contribution in [0, 0.1) is 0 Å². The highest BCUT2D eigenvalue weighted by Gasteiger charge is 2.26. The van der Waals surface area contributed by atoms with Gasteiger partial charge in [-0.2, -0.15) is 5.10 Å². The highest BCUT2D eigenvalue weighted by Crippen LogP contribution is 2.28. The number of likely N-dealkylation sites (tertiary alicyclic amines) is 1. The molecule has 1 N–H and O–H groups in total. The fourth-order valence-electron chi connectivity index (χ4n) is 3.45. The van der Waals surface area contributed by atoms with Gasteiger partial charge >= 0.3 is 5.97 Å². The van der Waals surface area contributed by atoms with Gasteiger partial charge in [0, 0.05) is 24.2 Å². The summed E-state index contributed by atoms with van der Waals surface area (Å²) in [5.41, 5.74) is 1.51. The Morgan fingerprint density at radius 1 is 1.31 bits per heavy atom. The molecule has 0 radical (unpaired) electrons. The average molecular weight is 375 g/mol. The average Bonchev–Trinajstić information content (AvgIpc) is 3.29. The number of carboxylic acids is 1. The first-order valence-electron chi connectivity index (χ1n) is 9.21. The maximum atomic E-state index is 12.9. The van der Waals surface area contributed by atoms with Crippen molar-refractivity contribution in [2.75, 3.05) is 13.1 Å². The van der Waals surface area contributed by atoms with Crippen LogP contribution in [0.3, 0.4) is 0 Å². The Bertz CT molecular complexity index is 788. The summed E-state index contributed by atoms with van der Waals surface area (Å²) in [5.74, 6) is -0.839. The van der Waals surface area contributed by atoms with Gasteiger partial charge in [0.1, 0.15) is 0 Å². The van der Waals surface area contributed by atoms with E-state index in [1.54, 1.807) is 22.2 Å². The van der Waals surface area contributed by atoms with Crippen molar-refractivity contribution in [3.8, 4) is 0 Å². The van der Waals surface area contributed by atoms with Gasteiger partial charge in [-0.15, -0.1) is 11.3 Å². The fraction of sp³-hybridized carbons (Fsp3) is 0.526. The van der Waals surface area contributed by atoms with Gasteiger partial charge in [-0.25, -0.2) is 4.79 Å². The van der Waals surface area contributed by atoms with Gasteiger partial charge in [-0.3, -0.25) is 9.48 Å². The van der Waals surface area contributed by atoms with E-state index in [1.807, 2.05) is 4.90 Å². The first-order chi connectivity index (χ1) is 12.5. The Balaban J connectivity index is 1.63. The van der Waals surface area contributed by atoms with Crippen molar-refractivity contribution in [3.05, 3.63) is 39.3 Å². The Morgan fingerprint density at radius 3 is 2.62 bits per heavy atom. The maximum absolute atomic E-state index is 12.9. The quantitative estimate of drug-likeness (QED) is 0.836. The molecule has 1 aliphatic rings. The Hall–Kier alpha value is -2.15. The Morgan fingerprint density at radius 2 is 2.04 bits per heavy atom. The third-order valence-corrected chi connectivity index (χ3v) is 6.16. The topological polar surface area (TPSA) is 75.4 Å². The summed E-state index contributed by atoms with van der Waals surface area (Å²) in [5, 5.41) is 13.2. The van der Waals surface area contributed by atoms with E-state index in [9.17, 15) is 9.59 Å². The molecule has 26 heavy (non-hydrogen) atoms. The maximum Gasteiger partial charge on any atom is 0.338 e. The number of hydrogen-bond donors (Lipinski definition) is 1. The molecule has 6 nitrogen and oxygen atoms in total. The largest absolute Gasteiger partial charge is 0.478 e. The number of hydrogen-bond acceptors (Lipinski definition) is 4. The molecule has 2 aromatic heterocycles. The van der Waals surface area contributed by atoms with Gasteiger partial charge in [0.15, 0.2) is 0 Å². The zero-order valence-corrected chi connectivity index (χ0v) is 16.1. The van der Waals surface area contributed by atoms with Crippen LogP contribution in [0.25, 0.3) is 0 Å². The molecule has 1 aliphatic heterocycles. The predicted molar refractivity (Wildman–Crippen MR) is 101 cm³/mol. The lowest BCUT2D eigenvalue weighted by Gasteiger charge is -2.31. The number of carboxylic acid groups (broad SMARTS) is 1. The van der Waals surface area contributed by atoms with Crippen LogP contribution >= 0.6 is 11.3 Å². The highest BCUT2D eigenvalue weighted by molar-refractivity contribution is 7.14. The first kappa shape index (κ1) is 18.6. The number of carbonyl (C=O) groups excluding carboxylic acids is 1. The van der Waals surface area contributed by atoms with Crippen LogP contribution in [0.5, 0.6) is 0 Å². The molecule has 3 heterocycles. The van der Waals surface area contributed by atoms with Gasteiger partial charge in [0.05, 0.1) is 22.7 Å². The van der Waals surface area contributed by atoms with Crippen molar-refractivity contribution < 1.29 is 14.7 Å². The number of thiophene rings is 1. The van der Waals surface area contributed by atoms with Crippen LogP contribution in [0.1, 0.15) is 69.6 Å². The summed E-state index contributed by atoms with van der Waals surface area (Å²) in [7, 11) is 0. The second-order valence-corrected chi connectivity index (χ2v) is 7.84. The number of carbonyl (C=O) groups is 2. The molecule has 0 saturated carbocycles. The third kappa shape index (κ3) is 3.82. The molecule has 1 saturated heterocycles. The number of aryl methyl sites for hydroxylation is 2. The van der Waals surface area contributed by atoms with Gasteiger partial charge in [-0.05, 0) is 37.3 Å². The fourth-order valence-corrected chi connectivity index (χ4v) is 4.77. The molecular weight excluding hydrogens is 350 g/mol. The first-order valence-corrected chi connectivity index (χ1v) is 10.0. The minimum Gasteiger partial charge on any atom is -0.478 e. The van der Waals surface area contributed by atoms with Gasteiger partial charge in [0.25, 0.3) is 5.91 Å². The molecule has 1 fully saturated rings. The van der Waals surface area contributed by atoms with Crippen molar-refractivity contribution in [1.82, 2.24) is 14.7 Å². The second kappa shape index (κ2) is 8.03. The van der Waals surface area contributed by atoms with Crippen molar-refractivity contribution in [2.24, 2.45) is 0 Å². The van der Waals surface area contributed by atoms with Crippen molar-refractivity contribution in [1.29, 1.82) is 0 Å². The summed E-state index contributed by atoms with van der Waals surface area (Å²) in [6.07, 6.45) is 7.64. The van der Waals surface area contributed by atoms with Crippen LogP contribution in [0.2, 0.25) is 0 Å². The standard InChI is InChI=1S/C19H25N3O3S/c1-3-5-16-13(4-2)10-17(26-16)18(23)21-8-6-15(7-9-21)22-12-14(11-20-22)19(24)25/h10-12,15H,3-9H2,1-2H3,(H,24,25). The lowest BCUT2D eigenvalue weighted by molar-refractivity contribution is 0.0691. The molecule has 0 bridgehead atoms. The van der Waals surface area contributed by atoms with Gasteiger partial charge in [0.2, 0.25) is 0 Å². The van der Waals surface area contributed by atoms with Crippen LogP contribution < -0.4 is 0 Å². The van der Waals surface area contributed by atoms with E-state index in [2.05, 4.69) is 25.0 Å². The minimum atomic E-state index is -0.962. The Kier molecular flexibility index (Phi) is 5.76. The van der Waals surface area contributed by atoms with E-state index < -0.39 is 5.97 Å². The molecule has 2 aromatic rings. The number of aromatic carboxylic acids is 1. The predicted octanol–water partition coefficient (Wildman–Crippen LogP) is 3.64. The van der Waals surface area contributed by atoms with Gasteiger partial charge in [-0.1, -0.05) is 20.3 Å². The van der Waals surface area contributed by atoms with E-state index >= 15 is 0 Å². The summed E-state index contributed by atoms with van der Waals surface area (Å²) < 4.78 is 1.73. The lowest BCUT2D eigenvalue weighted by atomic mass is 10.0. The monoisotopic (exact) mass is 375 g/mol. The smallest absolute Gasteiger partial charge is 0.338 e. The van der Waals surface area contributed by atoms with Crippen molar-refractivity contribution >= 4 is 23.2 Å². The Labute approximate surface area is 157 Å². The number of piperidine rings is 1.